The van der Waals surface area contributed by atoms with Gasteiger partial charge >= 0.3 is 10.4 Å². The van der Waals surface area contributed by atoms with E-state index in [9.17, 15) is 13.5 Å². The van der Waals surface area contributed by atoms with Crippen molar-refractivity contribution in [1.82, 2.24) is 0 Å². The van der Waals surface area contributed by atoms with Crippen LogP contribution in [0.15, 0.2) is 12.1 Å². The lowest BCUT2D eigenvalue weighted by Crippen LogP contribution is -2.15. The summed E-state index contributed by atoms with van der Waals surface area (Å²) < 4.78 is 31.3. The number of hydrogen-bond donors (Lipinski definition) is 3. The zero-order valence-electron chi connectivity index (χ0n) is 8.30. The van der Waals surface area contributed by atoms with Gasteiger partial charge < -0.3 is 24.5 Å². The van der Waals surface area contributed by atoms with E-state index in [1.54, 1.807) is 0 Å². The molecule has 0 bridgehead atoms. The molecule has 1 unspecified atom stereocenters. The number of nitrogen functional groups attached to an aromatic ring is 1. The van der Waals surface area contributed by atoms with Gasteiger partial charge in [-0.05, 0) is 19.1 Å². The first-order valence-corrected chi connectivity index (χ1v) is 5.73. The van der Waals surface area contributed by atoms with E-state index >= 15 is 0 Å². The molecule has 0 fully saturated rings. The molecule has 2 rings (SSSR count). The number of nitrogens with two attached hydrogens (primary N) is 1. The molecule has 0 spiro atoms. The van der Waals surface area contributed by atoms with Gasteiger partial charge in [0.25, 0.3) is 0 Å². The first kappa shape index (κ1) is 10.8. The van der Waals surface area contributed by atoms with Gasteiger partial charge in [-0.1, -0.05) is 0 Å². The van der Waals surface area contributed by atoms with E-state index in [1.807, 2.05) is 0 Å². The molecule has 7 nitrogen and oxygen atoms in total. The Morgan fingerprint density at radius 2 is 2.12 bits per heavy atom. The molecule has 8 heteroatoms. The molecule has 88 valence electrons. The van der Waals surface area contributed by atoms with E-state index in [0.29, 0.717) is 0 Å². The average molecular weight is 246 g/mol. The van der Waals surface area contributed by atoms with Gasteiger partial charge in [-0.25, -0.2) is 0 Å². The lowest BCUT2D eigenvalue weighted by Gasteiger charge is -2.12. The molecule has 1 aliphatic heterocycles. The van der Waals surface area contributed by atoms with Crippen molar-refractivity contribution in [2.24, 2.45) is 0 Å². The molecular weight excluding hydrogens is 236 g/mol. The number of rotatable bonds is 2. The van der Waals surface area contributed by atoms with Gasteiger partial charge in [0.1, 0.15) is 11.9 Å². The second-order valence-electron chi connectivity index (χ2n) is 3.25. The summed E-state index contributed by atoms with van der Waals surface area (Å²) in [5.41, 5.74) is 6.07. The topological polar surface area (TPSA) is 111 Å². The van der Waals surface area contributed by atoms with Crippen LogP contribution in [0.4, 0.5) is 11.4 Å². The van der Waals surface area contributed by atoms with Crippen LogP contribution in [-0.2, 0) is 10.4 Å². The second kappa shape index (κ2) is 3.42. The predicted molar refractivity (Wildman–Crippen MR) is 56.3 cm³/mol. The average Bonchev–Trinajstić information content (AvgIpc) is 2.45. The number of nitrogens with one attached hydrogen (secondary N) is 1. The maximum atomic E-state index is 11.1. The summed E-state index contributed by atoms with van der Waals surface area (Å²) in [5, 5.41) is 11.8. The molecule has 1 aromatic carbocycles. The minimum atomic E-state index is -4.06. The fourth-order valence-electron chi connectivity index (χ4n) is 1.31. The zero-order valence-corrected chi connectivity index (χ0v) is 9.11. The van der Waals surface area contributed by atoms with E-state index < -0.39 is 16.6 Å². The Bertz CT molecular complexity index is 525. The molecule has 0 amide bonds. The lowest BCUT2D eigenvalue weighted by molar-refractivity contribution is 0.224. The van der Waals surface area contributed by atoms with Crippen LogP contribution in [0, 0.1) is 0 Å². The van der Waals surface area contributed by atoms with Crippen molar-refractivity contribution in [3.05, 3.63) is 12.1 Å². The van der Waals surface area contributed by atoms with Crippen molar-refractivity contribution in [2.75, 3.05) is 11.1 Å². The smallest absolute Gasteiger partial charge is 0.397 e. The summed E-state index contributed by atoms with van der Waals surface area (Å²) in [7, 11) is -4.06. The Labute approximate surface area is 92.1 Å². The Hall–Kier alpha value is -1.67. The highest BCUT2D eigenvalue weighted by atomic mass is 32.3. The number of aliphatic hydroxyl groups is 1. The van der Waals surface area contributed by atoms with Gasteiger partial charge in [0, 0.05) is 0 Å². The molecule has 0 aliphatic carbocycles. The third kappa shape index (κ3) is 1.84. The maximum Gasteiger partial charge on any atom is 0.501 e. The monoisotopic (exact) mass is 246 g/mol. The van der Waals surface area contributed by atoms with Crippen molar-refractivity contribution in [2.45, 2.75) is 13.2 Å². The van der Waals surface area contributed by atoms with Crippen molar-refractivity contribution in [3.63, 3.8) is 0 Å². The van der Waals surface area contributed by atoms with Gasteiger partial charge in [0.15, 0.2) is 5.75 Å². The van der Waals surface area contributed by atoms with E-state index in [2.05, 4.69) is 13.7 Å². The SMILES string of the molecule is CC(O)Nc1c(N)ccc2c1OS(=O)(=O)O2. The van der Waals surface area contributed by atoms with Crippen LogP contribution in [0.25, 0.3) is 0 Å². The second-order valence-corrected chi connectivity index (χ2v) is 4.40. The van der Waals surface area contributed by atoms with Crippen LogP contribution >= 0.6 is 0 Å². The highest BCUT2D eigenvalue weighted by Gasteiger charge is 2.32. The number of fused-ring (bicyclic) bond motifs is 1. The molecule has 1 aromatic rings. The summed E-state index contributed by atoms with van der Waals surface area (Å²) in [6.07, 6.45) is -0.902. The number of benzene rings is 1. The highest BCUT2D eigenvalue weighted by molar-refractivity contribution is 7.82. The Morgan fingerprint density at radius 1 is 1.44 bits per heavy atom. The first-order valence-electron chi connectivity index (χ1n) is 4.40. The van der Waals surface area contributed by atoms with E-state index in [4.69, 9.17) is 5.73 Å². The summed E-state index contributed by atoms with van der Waals surface area (Å²) in [6, 6.07) is 2.83. The minimum absolute atomic E-state index is 0.0392. The third-order valence-electron chi connectivity index (χ3n) is 1.88. The van der Waals surface area contributed by atoms with Gasteiger partial charge in [-0.2, -0.15) is 0 Å². The van der Waals surface area contributed by atoms with Crippen LogP contribution < -0.4 is 19.4 Å². The number of aliphatic hydroxyl groups excluding tert-OH is 1. The van der Waals surface area contributed by atoms with E-state index in [0.717, 1.165) is 0 Å². The van der Waals surface area contributed by atoms with Gasteiger partial charge in [0.05, 0.1) is 5.69 Å². The number of anilines is 2. The predicted octanol–water partition coefficient (Wildman–Crippen LogP) is 0.0350. The van der Waals surface area contributed by atoms with Gasteiger partial charge in [-0.15, -0.1) is 8.42 Å². The van der Waals surface area contributed by atoms with Crippen molar-refractivity contribution >= 4 is 21.8 Å². The Balaban J connectivity index is 2.51. The van der Waals surface area contributed by atoms with Crippen LogP contribution in [-0.4, -0.2) is 19.8 Å². The summed E-state index contributed by atoms with van der Waals surface area (Å²) in [6.45, 7) is 1.46. The molecule has 0 aromatic heterocycles. The number of hydrogen-bond acceptors (Lipinski definition) is 7. The van der Waals surface area contributed by atoms with Crippen LogP contribution in [0.2, 0.25) is 0 Å². The van der Waals surface area contributed by atoms with Crippen molar-refractivity contribution in [3.8, 4) is 11.5 Å². The van der Waals surface area contributed by atoms with Gasteiger partial charge in [0.2, 0.25) is 5.75 Å². The minimum Gasteiger partial charge on any atom is -0.397 e. The maximum absolute atomic E-state index is 11.1. The van der Waals surface area contributed by atoms with E-state index in [-0.39, 0.29) is 22.9 Å². The van der Waals surface area contributed by atoms with Gasteiger partial charge in [-0.3, -0.25) is 0 Å². The Kier molecular flexibility index (Phi) is 2.32. The van der Waals surface area contributed by atoms with Crippen molar-refractivity contribution in [1.29, 1.82) is 0 Å². The fraction of sp³-hybridized carbons (Fsp3) is 0.250. The molecule has 0 saturated carbocycles. The standard InChI is InChI=1S/C8H10N2O5S/c1-4(11)10-7-5(9)2-3-6-8(7)15-16(12,13)14-6/h2-4,10-11H,9H2,1H3. The van der Waals surface area contributed by atoms with Crippen LogP contribution in [0.5, 0.6) is 11.5 Å². The molecule has 16 heavy (non-hydrogen) atoms. The molecular formula is C8H10N2O5S. The lowest BCUT2D eigenvalue weighted by atomic mass is 10.2. The zero-order chi connectivity index (χ0) is 11.9. The highest BCUT2D eigenvalue weighted by Crippen LogP contribution is 2.45. The summed E-state index contributed by atoms with van der Waals surface area (Å²) >= 11 is 0. The molecule has 1 heterocycles. The molecule has 0 saturated heterocycles. The van der Waals surface area contributed by atoms with Crippen LogP contribution in [0.1, 0.15) is 6.92 Å². The normalized spacial score (nSPS) is 18.1. The first-order chi connectivity index (χ1) is 7.39. The Morgan fingerprint density at radius 3 is 2.75 bits per heavy atom. The third-order valence-corrected chi connectivity index (χ3v) is 2.64. The molecule has 1 atom stereocenters. The molecule has 0 radical (unpaired) electrons. The van der Waals surface area contributed by atoms with Crippen molar-refractivity contribution < 1.29 is 21.9 Å². The largest absolute Gasteiger partial charge is 0.501 e. The van der Waals surface area contributed by atoms with E-state index in [1.165, 1.54) is 19.1 Å². The fourth-order valence-corrected chi connectivity index (χ4v) is 2.07. The summed E-state index contributed by atoms with van der Waals surface area (Å²) in [5.74, 6) is -0.00162. The van der Waals surface area contributed by atoms with Crippen LogP contribution in [0.3, 0.4) is 0 Å². The molecule has 1 aliphatic rings. The molecule has 4 N–H and O–H groups in total. The quantitative estimate of drug-likeness (QED) is 0.498. The summed E-state index contributed by atoms with van der Waals surface area (Å²) in [4.78, 5) is 0.